The number of likely N-dealkylation sites (tertiary alicyclic amines) is 1. The fourth-order valence-corrected chi connectivity index (χ4v) is 2.59. The Morgan fingerprint density at radius 2 is 1.71 bits per heavy atom. The molecule has 3 nitrogen and oxygen atoms in total. The van der Waals surface area contributed by atoms with Crippen molar-refractivity contribution in [3.63, 3.8) is 0 Å². The molecule has 0 amide bonds. The molecule has 0 radical (unpaired) electrons. The Morgan fingerprint density at radius 3 is 2.48 bits per heavy atom. The van der Waals surface area contributed by atoms with E-state index in [0.29, 0.717) is 0 Å². The van der Waals surface area contributed by atoms with Crippen LogP contribution in [0.1, 0.15) is 24.8 Å². The Bertz CT molecular complexity index is 541. The van der Waals surface area contributed by atoms with Crippen LogP contribution in [-0.4, -0.2) is 23.0 Å². The molecule has 2 heterocycles. The number of aromatic nitrogens is 1. The van der Waals surface area contributed by atoms with Crippen LogP contribution in [0.25, 0.3) is 0 Å². The number of para-hydroxylation sites is 1. The number of ether oxygens (including phenoxy) is 1. The highest BCUT2D eigenvalue weighted by atomic mass is 35.5. The predicted octanol–water partition coefficient (Wildman–Crippen LogP) is 4.28. The summed E-state index contributed by atoms with van der Waals surface area (Å²) < 4.78 is 5.91. The minimum absolute atomic E-state index is 0. The van der Waals surface area contributed by atoms with E-state index >= 15 is 0 Å². The summed E-state index contributed by atoms with van der Waals surface area (Å²) in [5, 5.41) is 0. The van der Waals surface area contributed by atoms with Crippen molar-refractivity contribution < 1.29 is 4.74 Å². The maximum atomic E-state index is 5.91. The molecular weight excluding hydrogens is 284 g/mol. The zero-order chi connectivity index (χ0) is 13.6. The van der Waals surface area contributed by atoms with Gasteiger partial charge in [-0.2, -0.15) is 0 Å². The van der Waals surface area contributed by atoms with E-state index in [9.17, 15) is 0 Å². The van der Waals surface area contributed by atoms with Gasteiger partial charge in [0.25, 0.3) is 0 Å². The first-order chi connectivity index (χ1) is 9.92. The zero-order valence-electron chi connectivity index (χ0n) is 12.1. The molecule has 1 saturated heterocycles. The molecule has 4 heteroatoms. The van der Waals surface area contributed by atoms with Gasteiger partial charge in [-0.25, -0.2) is 4.98 Å². The Hall–Kier alpha value is -1.58. The van der Waals surface area contributed by atoms with Crippen molar-refractivity contribution in [3.05, 3.63) is 54.2 Å². The van der Waals surface area contributed by atoms with Gasteiger partial charge >= 0.3 is 0 Å². The quantitative estimate of drug-likeness (QED) is 0.843. The van der Waals surface area contributed by atoms with Crippen LogP contribution in [0.2, 0.25) is 0 Å². The molecule has 1 fully saturated rings. The van der Waals surface area contributed by atoms with Gasteiger partial charge in [0.2, 0.25) is 5.88 Å². The van der Waals surface area contributed by atoms with E-state index in [1.54, 1.807) is 6.20 Å². The lowest BCUT2D eigenvalue weighted by atomic mass is 10.1. The largest absolute Gasteiger partial charge is 0.439 e. The number of rotatable bonds is 4. The van der Waals surface area contributed by atoms with E-state index in [1.165, 1.54) is 37.9 Å². The highest BCUT2D eigenvalue weighted by Gasteiger charge is 2.14. The highest BCUT2D eigenvalue weighted by Crippen LogP contribution is 2.24. The van der Waals surface area contributed by atoms with Gasteiger partial charge in [-0.3, -0.25) is 4.90 Å². The first kappa shape index (κ1) is 15.8. The summed E-state index contributed by atoms with van der Waals surface area (Å²) in [5.41, 5.74) is 1.17. The second-order valence-corrected chi connectivity index (χ2v) is 5.22. The van der Waals surface area contributed by atoms with Crippen LogP contribution in [0.5, 0.6) is 11.6 Å². The Kier molecular flexibility index (Phi) is 6.03. The lowest BCUT2D eigenvalue weighted by molar-refractivity contribution is 0.218. The number of hydrogen-bond donors (Lipinski definition) is 0. The molecule has 0 aliphatic carbocycles. The van der Waals surface area contributed by atoms with Gasteiger partial charge in [-0.1, -0.05) is 30.7 Å². The summed E-state index contributed by atoms with van der Waals surface area (Å²) in [4.78, 5) is 6.88. The summed E-state index contributed by atoms with van der Waals surface area (Å²) in [5.74, 6) is 1.57. The molecule has 112 valence electrons. The van der Waals surface area contributed by atoms with Gasteiger partial charge in [0, 0.05) is 18.3 Å². The molecule has 0 saturated carbocycles. The van der Waals surface area contributed by atoms with Crippen LogP contribution in [0.3, 0.4) is 0 Å². The van der Waals surface area contributed by atoms with Crippen molar-refractivity contribution in [3.8, 4) is 11.6 Å². The minimum atomic E-state index is 0. The number of hydrogen-bond acceptors (Lipinski definition) is 3. The third-order valence-electron chi connectivity index (χ3n) is 3.65. The molecule has 1 aromatic carbocycles. The van der Waals surface area contributed by atoms with Gasteiger partial charge in [-0.05, 0) is 44.1 Å². The molecule has 1 aromatic heterocycles. The van der Waals surface area contributed by atoms with E-state index in [0.717, 1.165) is 18.2 Å². The lowest BCUT2D eigenvalue weighted by Gasteiger charge is -2.26. The number of piperidine rings is 1. The normalized spacial score (nSPS) is 15.2. The van der Waals surface area contributed by atoms with Crippen LogP contribution < -0.4 is 4.74 Å². The third-order valence-corrected chi connectivity index (χ3v) is 3.65. The van der Waals surface area contributed by atoms with E-state index in [1.807, 2.05) is 36.4 Å². The number of nitrogens with zero attached hydrogens (tertiary/aromatic N) is 2. The molecule has 0 unspecified atom stereocenters. The second kappa shape index (κ2) is 8.01. The predicted molar refractivity (Wildman–Crippen MR) is 87.1 cm³/mol. The molecule has 21 heavy (non-hydrogen) atoms. The van der Waals surface area contributed by atoms with Gasteiger partial charge < -0.3 is 4.74 Å². The van der Waals surface area contributed by atoms with Crippen molar-refractivity contribution in [2.24, 2.45) is 0 Å². The van der Waals surface area contributed by atoms with Crippen LogP contribution in [0.4, 0.5) is 0 Å². The Balaban J connectivity index is 0.00000161. The molecular formula is C17H21ClN2O. The van der Waals surface area contributed by atoms with E-state index in [2.05, 4.69) is 16.0 Å². The van der Waals surface area contributed by atoms with E-state index < -0.39 is 0 Å². The summed E-state index contributed by atoms with van der Waals surface area (Å²) >= 11 is 0. The maximum absolute atomic E-state index is 5.91. The van der Waals surface area contributed by atoms with E-state index in [-0.39, 0.29) is 12.4 Å². The number of halogens is 1. The maximum Gasteiger partial charge on any atom is 0.223 e. The van der Waals surface area contributed by atoms with Crippen LogP contribution in [0.15, 0.2) is 48.7 Å². The summed E-state index contributed by atoms with van der Waals surface area (Å²) in [6.45, 7) is 3.29. The summed E-state index contributed by atoms with van der Waals surface area (Å²) in [7, 11) is 0. The average Bonchev–Trinajstić information content (AvgIpc) is 2.51. The SMILES string of the molecule is Cl.c1ccc(Oc2ncccc2CN2CCCCC2)cc1. The molecule has 0 atom stereocenters. The molecule has 0 bridgehead atoms. The van der Waals surface area contributed by atoms with E-state index in [4.69, 9.17) is 4.74 Å². The van der Waals surface area contributed by atoms with Crippen molar-refractivity contribution in [1.82, 2.24) is 9.88 Å². The van der Waals surface area contributed by atoms with Gasteiger partial charge in [0.1, 0.15) is 5.75 Å². The first-order valence-corrected chi connectivity index (χ1v) is 7.31. The van der Waals surface area contributed by atoms with Crippen molar-refractivity contribution >= 4 is 12.4 Å². The Morgan fingerprint density at radius 1 is 0.952 bits per heavy atom. The average molecular weight is 305 g/mol. The first-order valence-electron chi connectivity index (χ1n) is 7.31. The Labute approximate surface area is 132 Å². The smallest absolute Gasteiger partial charge is 0.223 e. The van der Waals surface area contributed by atoms with Gasteiger partial charge in [0.05, 0.1) is 0 Å². The topological polar surface area (TPSA) is 25.4 Å². The number of pyridine rings is 1. The fraction of sp³-hybridized carbons (Fsp3) is 0.353. The van der Waals surface area contributed by atoms with Crippen molar-refractivity contribution in [1.29, 1.82) is 0 Å². The van der Waals surface area contributed by atoms with Crippen LogP contribution >= 0.6 is 12.4 Å². The molecule has 2 aromatic rings. The van der Waals surface area contributed by atoms with Crippen LogP contribution in [0, 0.1) is 0 Å². The fourth-order valence-electron chi connectivity index (χ4n) is 2.59. The molecule has 1 aliphatic rings. The minimum Gasteiger partial charge on any atom is -0.439 e. The van der Waals surface area contributed by atoms with Crippen LogP contribution in [-0.2, 0) is 6.54 Å². The van der Waals surface area contributed by atoms with Gasteiger partial charge in [-0.15, -0.1) is 12.4 Å². The zero-order valence-corrected chi connectivity index (χ0v) is 12.9. The standard InChI is InChI=1S/C17H20N2O.ClH/c1-3-9-16(10-4-1)20-17-15(8-7-11-18-17)14-19-12-5-2-6-13-19;/h1,3-4,7-11H,2,5-6,12-14H2;1H. The monoisotopic (exact) mass is 304 g/mol. The molecule has 1 aliphatic heterocycles. The highest BCUT2D eigenvalue weighted by molar-refractivity contribution is 5.85. The molecule has 0 N–H and O–H groups in total. The summed E-state index contributed by atoms with van der Waals surface area (Å²) in [6.07, 6.45) is 5.75. The van der Waals surface area contributed by atoms with Crippen molar-refractivity contribution in [2.45, 2.75) is 25.8 Å². The second-order valence-electron chi connectivity index (χ2n) is 5.22. The summed E-state index contributed by atoms with van der Waals surface area (Å²) in [6, 6.07) is 13.9. The molecule has 0 spiro atoms. The lowest BCUT2D eigenvalue weighted by Crippen LogP contribution is -2.29. The van der Waals surface area contributed by atoms with Crippen molar-refractivity contribution in [2.75, 3.05) is 13.1 Å². The van der Waals surface area contributed by atoms with Gasteiger partial charge in [0.15, 0.2) is 0 Å². The number of benzene rings is 1. The molecule has 3 rings (SSSR count). The third kappa shape index (κ3) is 4.45.